The molecule has 0 radical (unpaired) electrons. The average Bonchev–Trinajstić information content (AvgIpc) is 2.90. The molecule has 0 amide bonds. The molecule has 12 heteroatoms. The first-order chi connectivity index (χ1) is 18.5. The molecule has 0 aliphatic carbocycles. The fourth-order valence-corrected chi connectivity index (χ4v) is 5.42. The predicted octanol–water partition coefficient (Wildman–Crippen LogP) is 6.96. The van der Waals surface area contributed by atoms with Gasteiger partial charge in [0.25, 0.3) is 0 Å². The number of anilines is 1. The van der Waals surface area contributed by atoms with Gasteiger partial charge in [-0.2, -0.15) is 18.2 Å². The number of rotatable bonds is 5. The summed E-state index contributed by atoms with van der Waals surface area (Å²) < 4.78 is 53.6. The number of piperazine rings is 1. The van der Waals surface area contributed by atoms with Crippen LogP contribution in [0.1, 0.15) is 43.1 Å². The Balaban J connectivity index is 1.55. The number of hydrogen-bond acceptors (Lipinski definition) is 6. The molecule has 1 aromatic carbocycles. The number of fused-ring (bicyclic) bond motifs is 1. The highest BCUT2D eigenvalue weighted by molar-refractivity contribution is 6.30. The van der Waals surface area contributed by atoms with Crippen LogP contribution in [0.25, 0.3) is 11.0 Å². The van der Waals surface area contributed by atoms with Gasteiger partial charge < -0.3 is 4.90 Å². The Morgan fingerprint density at radius 1 is 0.974 bits per heavy atom. The van der Waals surface area contributed by atoms with Gasteiger partial charge >= 0.3 is 6.18 Å². The van der Waals surface area contributed by atoms with Gasteiger partial charge in [0.1, 0.15) is 16.5 Å². The van der Waals surface area contributed by atoms with Crippen molar-refractivity contribution in [3.63, 3.8) is 0 Å². The van der Waals surface area contributed by atoms with E-state index in [0.29, 0.717) is 47.2 Å². The van der Waals surface area contributed by atoms with Crippen molar-refractivity contribution in [2.45, 2.75) is 44.6 Å². The van der Waals surface area contributed by atoms with E-state index < -0.39 is 23.6 Å². The van der Waals surface area contributed by atoms with Crippen LogP contribution in [0, 0.1) is 5.82 Å². The van der Waals surface area contributed by atoms with Gasteiger partial charge in [-0.25, -0.2) is 14.4 Å². The van der Waals surface area contributed by atoms with Gasteiger partial charge in [0.2, 0.25) is 5.28 Å². The van der Waals surface area contributed by atoms with E-state index in [2.05, 4.69) is 29.7 Å². The van der Waals surface area contributed by atoms with Crippen LogP contribution in [-0.4, -0.2) is 50.0 Å². The summed E-state index contributed by atoms with van der Waals surface area (Å²) in [6, 6.07) is 11.1. The van der Waals surface area contributed by atoms with Crippen molar-refractivity contribution in [3.8, 4) is 0 Å². The molecule has 0 spiro atoms. The van der Waals surface area contributed by atoms with E-state index in [1.807, 2.05) is 13.8 Å². The van der Waals surface area contributed by atoms with Crippen molar-refractivity contribution in [3.05, 3.63) is 87.8 Å². The highest BCUT2D eigenvalue weighted by Gasteiger charge is 2.39. The standard InChI is InChI=1S/C27H24Cl2F4N6/c1-3-19-14-38(25-23-20(35-26(29)37-25)10-11-22(28)36-23)15(2)13-39(19)24(16-4-7-18(30)8-5-16)21-9-6-17(12-34-21)27(31,32)33/h4-12,15,19,24H,3,13-14H2,1-2H3/t15-,19+,24?/m0/s1. The minimum atomic E-state index is -4.50. The number of benzene rings is 1. The van der Waals surface area contributed by atoms with E-state index in [1.54, 1.807) is 24.3 Å². The summed E-state index contributed by atoms with van der Waals surface area (Å²) in [5, 5.41) is 0.389. The molecule has 3 aromatic heterocycles. The highest BCUT2D eigenvalue weighted by atomic mass is 35.5. The third kappa shape index (κ3) is 5.64. The molecule has 5 rings (SSSR count). The molecule has 1 unspecified atom stereocenters. The van der Waals surface area contributed by atoms with Crippen LogP contribution in [0.4, 0.5) is 23.4 Å². The van der Waals surface area contributed by atoms with E-state index in [4.69, 9.17) is 23.2 Å². The summed E-state index contributed by atoms with van der Waals surface area (Å²) in [5.74, 6) is 0.158. The zero-order valence-electron chi connectivity index (χ0n) is 21.0. The molecule has 3 atom stereocenters. The van der Waals surface area contributed by atoms with Gasteiger partial charge in [0.15, 0.2) is 5.82 Å². The van der Waals surface area contributed by atoms with Crippen molar-refractivity contribution in [2.75, 3.05) is 18.0 Å². The molecule has 0 bridgehead atoms. The molecule has 4 heterocycles. The molecular weight excluding hydrogens is 555 g/mol. The maximum atomic E-state index is 13.8. The second-order valence-corrected chi connectivity index (χ2v) is 10.2. The Bertz CT molecular complexity index is 1470. The zero-order valence-corrected chi connectivity index (χ0v) is 22.5. The van der Waals surface area contributed by atoms with Gasteiger partial charge in [-0.3, -0.25) is 9.88 Å². The monoisotopic (exact) mass is 578 g/mol. The summed E-state index contributed by atoms with van der Waals surface area (Å²) in [6.45, 7) is 5.08. The van der Waals surface area contributed by atoms with Gasteiger partial charge in [-0.05, 0) is 66.9 Å². The van der Waals surface area contributed by atoms with Crippen molar-refractivity contribution in [1.82, 2.24) is 24.8 Å². The molecule has 39 heavy (non-hydrogen) atoms. The lowest BCUT2D eigenvalue weighted by Gasteiger charge is -2.48. The second-order valence-electron chi connectivity index (χ2n) is 9.50. The highest BCUT2D eigenvalue weighted by Crippen LogP contribution is 2.37. The number of alkyl halides is 3. The van der Waals surface area contributed by atoms with Gasteiger partial charge in [0.05, 0.1) is 22.8 Å². The smallest absolute Gasteiger partial charge is 0.349 e. The Morgan fingerprint density at radius 2 is 1.72 bits per heavy atom. The maximum absolute atomic E-state index is 13.8. The van der Waals surface area contributed by atoms with E-state index in [0.717, 1.165) is 17.8 Å². The lowest BCUT2D eigenvalue weighted by molar-refractivity contribution is -0.137. The molecule has 1 aliphatic heterocycles. The first-order valence-electron chi connectivity index (χ1n) is 12.4. The number of pyridine rings is 2. The number of halogens is 6. The van der Waals surface area contributed by atoms with Crippen molar-refractivity contribution < 1.29 is 17.6 Å². The van der Waals surface area contributed by atoms with Crippen molar-refractivity contribution in [1.29, 1.82) is 0 Å². The van der Waals surface area contributed by atoms with Gasteiger partial charge in [-0.1, -0.05) is 30.7 Å². The molecule has 6 nitrogen and oxygen atoms in total. The summed E-state index contributed by atoms with van der Waals surface area (Å²) >= 11 is 12.4. The maximum Gasteiger partial charge on any atom is 0.417 e. The molecule has 0 N–H and O–H groups in total. The molecular formula is C27H24Cl2F4N6. The van der Waals surface area contributed by atoms with Crippen LogP contribution in [-0.2, 0) is 6.18 Å². The largest absolute Gasteiger partial charge is 0.417 e. The summed E-state index contributed by atoms with van der Waals surface area (Å²) in [7, 11) is 0. The molecule has 1 aliphatic rings. The minimum Gasteiger partial charge on any atom is -0.349 e. The van der Waals surface area contributed by atoms with Crippen LogP contribution in [0.5, 0.6) is 0 Å². The lowest BCUT2D eigenvalue weighted by atomic mass is 9.95. The molecule has 0 saturated carbocycles. The lowest BCUT2D eigenvalue weighted by Crippen LogP contribution is -2.58. The normalized spacial score (nSPS) is 19.4. The Hall–Kier alpha value is -3.08. The Morgan fingerprint density at radius 3 is 2.36 bits per heavy atom. The fourth-order valence-electron chi connectivity index (χ4n) is 5.10. The van der Waals surface area contributed by atoms with Gasteiger partial charge in [-0.15, -0.1) is 0 Å². The van der Waals surface area contributed by atoms with E-state index in [-0.39, 0.29) is 17.4 Å². The quantitative estimate of drug-likeness (QED) is 0.145. The molecule has 204 valence electrons. The predicted molar refractivity (Wildman–Crippen MR) is 142 cm³/mol. The number of aromatic nitrogens is 4. The minimum absolute atomic E-state index is 0.0664. The van der Waals surface area contributed by atoms with Crippen molar-refractivity contribution >= 4 is 40.1 Å². The summed E-state index contributed by atoms with van der Waals surface area (Å²) in [4.78, 5) is 21.7. The average molecular weight is 579 g/mol. The molecule has 1 saturated heterocycles. The number of hydrogen-bond donors (Lipinski definition) is 0. The van der Waals surface area contributed by atoms with Crippen LogP contribution < -0.4 is 4.90 Å². The van der Waals surface area contributed by atoms with Crippen LogP contribution in [0.15, 0.2) is 54.7 Å². The second kappa shape index (κ2) is 10.8. The third-order valence-corrected chi connectivity index (χ3v) is 7.38. The first kappa shape index (κ1) is 27.5. The van der Waals surface area contributed by atoms with Gasteiger partial charge in [0, 0.05) is 31.4 Å². The molecule has 4 aromatic rings. The topological polar surface area (TPSA) is 58.0 Å². The molecule has 1 fully saturated rings. The van der Waals surface area contributed by atoms with E-state index >= 15 is 0 Å². The first-order valence-corrected chi connectivity index (χ1v) is 13.1. The number of nitrogens with zero attached hydrogens (tertiary/aromatic N) is 6. The third-order valence-electron chi connectivity index (χ3n) is 7.00. The summed E-state index contributed by atoms with van der Waals surface area (Å²) in [5.41, 5.74) is 1.44. The Kier molecular flexibility index (Phi) is 7.63. The Labute approximate surface area is 232 Å². The van der Waals surface area contributed by atoms with E-state index in [9.17, 15) is 17.6 Å². The zero-order chi connectivity index (χ0) is 27.9. The van der Waals surface area contributed by atoms with Crippen molar-refractivity contribution in [2.24, 2.45) is 0 Å². The van der Waals surface area contributed by atoms with Crippen LogP contribution >= 0.6 is 23.2 Å². The van der Waals surface area contributed by atoms with Crippen LogP contribution in [0.2, 0.25) is 10.4 Å². The SMILES string of the molecule is CC[C@@H]1CN(c2nc(Cl)nc3ccc(Cl)nc23)[C@@H](C)CN1C(c1ccc(F)cc1)c1ccc(C(F)(F)F)cn1. The summed E-state index contributed by atoms with van der Waals surface area (Å²) in [6.07, 6.45) is -2.94. The van der Waals surface area contributed by atoms with E-state index in [1.165, 1.54) is 18.2 Å². The fraction of sp³-hybridized carbons (Fsp3) is 0.333. The van der Waals surface area contributed by atoms with Crippen LogP contribution in [0.3, 0.4) is 0 Å².